The summed E-state index contributed by atoms with van der Waals surface area (Å²) in [5.74, 6) is -0.922. The number of aliphatic hydroxyl groups excluding tert-OH is 1. The smallest absolute Gasteiger partial charge is 0.408 e. The van der Waals surface area contributed by atoms with Gasteiger partial charge >= 0.3 is 12.1 Å². The first-order valence-electron chi connectivity index (χ1n) is 10.3. The third-order valence-electron chi connectivity index (χ3n) is 4.30. The number of carbonyl (C=O) groups excluding carboxylic acids is 2. The molecular formula is C25H31NO5. The van der Waals surface area contributed by atoms with Crippen LogP contribution in [0.1, 0.15) is 31.9 Å². The second kappa shape index (κ2) is 11.9. The fraction of sp³-hybridized carbons (Fsp3) is 0.360. The highest BCUT2D eigenvalue weighted by molar-refractivity contribution is 5.75. The molecule has 2 rings (SSSR count). The van der Waals surface area contributed by atoms with Gasteiger partial charge in [-0.05, 0) is 38.3 Å². The van der Waals surface area contributed by atoms with Crippen LogP contribution in [0.15, 0.2) is 72.8 Å². The van der Waals surface area contributed by atoms with Crippen molar-refractivity contribution in [3.8, 4) is 0 Å². The van der Waals surface area contributed by atoms with Gasteiger partial charge in [0.15, 0.2) is 0 Å². The van der Waals surface area contributed by atoms with E-state index in [0.717, 1.165) is 11.1 Å². The summed E-state index contributed by atoms with van der Waals surface area (Å²) in [4.78, 5) is 24.8. The van der Waals surface area contributed by atoms with E-state index < -0.39 is 23.7 Å². The van der Waals surface area contributed by atoms with E-state index >= 15 is 0 Å². The summed E-state index contributed by atoms with van der Waals surface area (Å²) in [6.07, 6.45) is 3.06. The van der Waals surface area contributed by atoms with Gasteiger partial charge in [0.05, 0.1) is 18.6 Å². The minimum Gasteiger partial charge on any atom is -0.460 e. The molecule has 0 aliphatic rings. The summed E-state index contributed by atoms with van der Waals surface area (Å²) in [7, 11) is 0. The van der Waals surface area contributed by atoms with Crippen LogP contribution in [0.2, 0.25) is 0 Å². The number of carbonyl (C=O) groups is 2. The Morgan fingerprint density at radius 3 is 2.10 bits per heavy atom. The number of hydrogen-bond donors (Lipinski definition) is 2. The molecule has 0 aromatic heterocycles. The quantitative estimate of drug-likeness (QED) is 0.468. The molecule has 166 valence electrons. The first-order valence-corrected chi connectivity index (χ1v) is 10.3. The van der Waals surface area contributed by atoms with Crippen molar-refractivity contribution in [3.05, 3.63) is 83.9 Å². The molecule has 0 bridgehead atoms. The Balaban J connectivity index is 2.00. The lowest BCUT2D eigenvalue weighted by Gasteiger charge is -2.23. The van der Waals surface area contributed by atoms with Gasteiger partial charge in [0.1, 0.15) is 12.2 Å². The van der Waals surface area contributed by atoms with Gasteiger partial charge in [-0.25, -0.2) is 4.79 Å². The molecule has 1 amide bonds. The predicted octanol–water partition coefficient (Wildman–Crippen LogP) is 4.03. The first-order chi connectivity index (χ1) is 14.8. The standard InChI is InChI=1S/C25H31NO5/c1-25(2,3)31-23(28)21(16-19-10-6-4-7-11-19)14-15-22(17-27)26-24(29)30-18-20-12-8-5-9-13-20/h4-15,21-22,27H,16-18H2,1-3H3,(H,26,29)/b15-14+/t21-,22-/m0/s1. The molecule has 0 unspecified atom stereocenters. The number of benzene rings is 2. The summed E-state index contributed by atoms with van der Waals surface area (Å²) < 4.78 is 10.7. The zero-order valence-corrected chi connectivity index (χ0v) is 18.3. The molecule has 0 radical (unpaired) electrons. The fourth-order valence-electron chi connectivity index (χ4n) is 2.81. The molecule has 2 aromatic rings. The van der Waals surface area contributed by atoms with Crippen molar-refractivity contribution in [1.29, 1.82) is 0 Å². The molecular weight excluding hydrogens is 394 g/mol. The van der Waals surface area contributed by atoms with Gasteiger partial charge in [0, 0.05) is 0 Å². The molecule has 0 saturated heterocycles. The van der Waals surface area contributed by atoms with Crippen molar-refractivity contribution in [1.82, 2.24) is 5.32 Å². The monoisotopic (exact) mass is 425 g/mol. The number of nitrogens with one attached hydrogen (secondary N) is 1. The van der Waals surface area contributed by atoms with Crippen LogP contribution in [0.25, 0.3) is 0 Å². The highest BCUT2D eigenvalue weighted by Crippen LogP contribution is 2.17. The number of amides is 1. The van der Waals surface area contributed by atoms with E-state index in [1.165, 1.54) is 0 Å². The molecule has 2 N–H and O–H groups in total. The lowest BCUT2D eigenvalue weighted by molar-refractivity contribution is -0.158. The Bertz CT molecular complexity index is 843. The molecule has 0 fully saturated rings. The number of hydrogen-bond acceptors (Lipinski definition) is 5. The number of rotatable bonds is 9. The van der Waals surface area contributed by atoms with Crippen LogP contribution in [0.4, 0.5) is 4.79 Å². The average molecular weight is 426 g/mol. The predicted molar refractivity (Wildman–Crippen MR) is 119 cm³/mol. The second-order valence-electron chi connectivity index (χ2n) is 8.21. The van der Waals surface area contributed by atoms with Crippen LogP contribution in [-0.2, 0) is 27.3 Å². The van der Waals surface area contributed by atoms with Gasteiger partial charge in [-0.15, -0.1) is 0 Å². The van der Waals surface area contributed by atoms with Crippen LogP contribution < -0.4 is 5.32 Å². The van der Waals surface area contributed by atoms with E-state index in [2.05, 4.69) is 5.32 Å². The third kappa shape index (κ3) is 9.49. The normalized spacial score (nSPS) is 13.4. The molecule has 31 heavy (non-hydrogen) atoms. The molecule has 0 aliphatic carbocycles. The van der Waals surface area contributed by atoms with Gasteiger partial charge in [0.25, 0.3) is 0 Å². The molecule has 0 spiro atoms. The number of alkyl carbamates (subject to hydrolysis) is 1. The van der Waals surface area contributed by atoms with Crippen LogP contribution in [-0.4, -0.2) is 35.4 Å². The lowest BCUT2D eigenvalue weighted by atomic mass is 9.97. The van der Waals surface area contributed by atoms with E-state index in [-0.39, 0.29) is 19.2 Å². The lowest BCUT2D eigenvalue weighted by Crippen LogP contribution is -2.36. The van der Waals surface area contributed by atoms with Gasteiger partial charge < -0.3 is 19.9 Å². The van der Waals surface area contributed by atoms with Gasteiger partial charge in [-0.1, -0.05) is 72.8 Å². The summed E-state index contributed by atoms with van der Waals surface area (Å²) >= 11 is 0. The summed E-state index contributed by atoms with van der Waals surface area (Å²) in [5, 5.41) is 12.2. The van der Waals surface area contributed by atoms with Crippen molar-refractivity contribution >= 4 is 12.1 Å². The highest BCUT2D eigenvalue weighted by atomic mass is 16.6. The Hall–Kier alpha value is -3.12. The maximum absolute atomic E-state index is 12.7. The minimum atomic E-state index is -0.691. The van der Waals surface area contributed by atoms with Crippen molar-refractivity contribution in [2.45, 2.75) is 45.4 Å². The summed E-state index contributed by atoms with van der Waals surface area (Å²) in [6.45, 7) is 5.24. The third-order valence-corrected chi connectivity index (χ3v) is 4.30. The molecule has 6 heteroatoms. The Kier molecular flexibility index (Phi) is 9.28. The molecule has 0 saturated carbocycles. The number of ether oxygens (including phenoxy) is 2. The topological polar surface area (TPSA) is 84.9 Å². The van der Waals surface area contributed by atoms with E-state index in [9.17, 15) is 14.7 Å². The molecule has 2 aromatic carbocycles. The van der Waals surface area contributed by atoms with Gasteiger partial charge in [-0.3, -0.25) is 4.79 Å². The van der Waals surface area contributed by atoms with Crippen molar-refractivity contribution in [2.75, 3.05) is 6.61 Å². The summed E-state index contributed by atoms with van der Waals surface area (Å²) in [5.41, 5.74) is 1.23. The molecule has 0 aliphatic heterocycles. The van der Waals surface area contributed by atoms with Crippen LogP contribution in [0.3, 0.4) is 0 Å². The fourth-order valence-corrected chi connectivity index (χ4v) is 2.81. The van der Waals surface area contributed by atoms with E-state index in [4.69, 9.17) is 9.47 Å². The number of aliphatic hydroxyl groups is 1. The maximum atomic E-state index is 12.7. The van der Waals surface area contributed by atoms with Crippen LogP contribution >= 0.6 is 0 Å². The zero-order chi connectivity index (χ0) is 22.7. The van der Waals surface area contributed by atoms with Gasteiger partial charge in [-0.2, -0.15) is 0 Å². The van der Waals surface area contributed by atoms with Crippen molar-refractivity contribution < 1.29 is 24.2 Å². The van der Waals surface area contributed by atoms with Crippen molar-refractivity contribution in [2.24, 2.45) is 5.92 Å². The molecule has 6 nitrogen and oxygen atoms in total. The zero-order valence-electron chi connectivity index (χ0n) is 18.3. The van der Waals surface area contributed by atoms with E-state index in [1.54, 1.807) is 12.2 Å². The van der Waals surface area contributed by atoms with Gasteiger partial charge in [0.2, 0.25) is 0 Å². The maximum Gasteiger partial charge on any atom is 0.408 e. The van der Waals surface area contributed by atoms with E-state index in [1.807, 2.05) is 81.4 Å². The summed E-state index contributed by atoms with van der Waals surface area (Å²) in [6, 6.07) is 18.2. The number of esters is 1. The first kappa shape index (κ1) is 24.2. The highest BCUT2D eigenvalue weighted by Gasteiger charge is 2.24. The van der Waals surface area contributed by atoms with Crippen LogP contribution in [0, 0.1) is 5.92 Å². The minimum absolute atomic E-state index is 0.128. The average Bonchev–Trinajstić information content (AvgIpc) is 2.74. The molecule has 2 atom stereocenters. The molecule has 0 heterocycles. The van der Waals surface area contributed by atoms with E-state index in [0.29, 0.717) is 6.42 Å². The largest absolute Gasteiger partial charge is 0.460 e. The Labute approximate surface area is 183 Å². The second-order valence-corrected chi connectivity index (χ2v) is 8.21. The SMILES string of the molecule is CC(C)(C)OC(=O)[C@@H](/C=C/[C@@H](CO)NC(=O)OCc1ccccc1)Cc1ccccc1. The van der Waals surface area contributed by atoms with Crippen molar-refractivity contribution in [3.63, 3.8) is 0 Å². The Morgan fingerprint density at radius 2 is 1.55 bits per heavy atom. The van der Waals surface area contributed by atoms with Crippen LogP contribution in [0.5, 0.6) is 0 Å². The Morgan fingerprint density at radius 1 is 0.968 bits per heavy atom.